The van der Waals surface area contributed by atoms with Gasteiger partial charge in [-0.15, -0.1) is 0 Å². The average Bonchev–Trinajstić information content (AvgIpc) is 2.73. The van der Waals surface area contributed by atoms with Crippen molar-refractivity contribution >= 4 is 11.9 Å². The van der Waals surface area contributed by atoms with E-state index in [1.807, 2.05) is 12.1 Å². The Morgan fingerprint density at radius 2 is 1.53 bits per heavy atom. The molecule has 2 aromatic rings. The number of methoxy groups -OCH3 is 3. The summed E-state index contributed by atoms with van der Waals surface area (Å²) < 4.78 is 26.5. The predicted octanol–water partition coefficient (Wildman–Crippen LogP) is 4.85. The molecule has 0 radical (unpaired) electrons. The van der Waals surface area contributed by atoms with Crippen LogP contribution in [0.25, 0.3) is 6.08 Å². The van der Waals surface area contributed by atoms with Crippen LogP contribution in [0.3, 0.4) is 0 Å². The molecule has 6 heteroatoms. The van der Waals surface area contributed by atoms with Gasteiger partial charge in [-0.05, 0) is 47.9 Å². The Morgan fingerprint density at radius 3 is 2.10 bits per heavy atom. The molecular weight excluding hydrogens is 384 g/mol. The molecule has 0 saturated carbocycles. The van der Waals surface area contributed by atoms with Crippen LogP contribution < -0.4 is 14.2 Å². The first-order valence-corrected chi connectivity index (χ1v) is 9.58. The summed E-state index contributed by atoms with van der Waals surface area (Å²) in [5, 5.41) is 0. The first kappa shape index (κ1) is 23.4. The van der Waals surface area contributed by atoms with E-state index in [0.29, 0.717) is 22.8 Å². The van der Waals surface area contributed by atoms with Gasteiger partial charge in [-0.1, -0.05) is 20.8 Å². The average molecular weight is 414 g/mol. The quantitative estimate of drug-likeness (QED) is 0.314. The number of ether oxygens (including phenoxy) is 5. The Morgan fingerprint density at radius 1 is 0.900 bits per heavy atom. The van der Waals surface area contributed by atoms with Gasteiger partial charge in [0.1, 0.15) is 17.2 Å². The Kier molecular flexibility index (Phi) is 8.45. The minimum absolute atomic E-state index is 0.118. The van der Waals surface area contributed by atoms with E-state index in [-0.39, 0.29) is 24.8 Å². The highest BCUT2D eigenvalue weighted by Crippen LogP contribution is 2.37. The number of ketones is 1. The molecule has 0 spiro atoms. The summed E-state index contributed by atoms with van der Waals surface area (Å²) in [7, 11) is 4.72. The highest BCUT2D eigenvalue weighted by Gasteiger charge is 2.21. The van der Waals surface area contributed by atoms with Crippen LogP contribution in [0.4, 0.5) is 0 Å². The predicted molar refractivity (Wildman–Crippen MR) is 117 cm³/mol. The molecule has 2 aromatic carbocycles. The summed E-state index contributed by atoms with van der Waals surface area (Å²) in [6.45, 7) is 6.60. The van der Waals surface area contributed by atoms with Gasteiger partial charge < -0.3 is 23.7 Å². The number of carbonyl (C=O) groups is 1. The second-order valence-electron chi connectivity index (χ2n) is 7.66. The topological polar surface area (TPSA) is 63.2 Å². The molecule has 30 heavy (non-hydrogen) atoms. The third kappa shape index (κ3) is 6.34. The third-order valence-electron chi connectivity index (χ3n) is 4.37. The minimum Gasteiger partial charge on any atom is -0.496 e. The van der Waals surface area contributed by atoms with Gasteiger partial charge in [0, 0.05) is 37.0 Å². The van der Waals surface area contributed by atoms with Gasteiger partial charge in [-0.3, -0.25) is 4.79 Å². The Balaban J connectivity index is 2.29. The van der Waals surface area contributed by atoms with Crippen LogP contribution in [0.15, 0.2) is 42.5 Å². The van der Waals surface area contributed by atoms with Crippen molar-refractivity contribution in [2.45, 2.75) is 26.2 Å². The van der Waals surface area contributed by atoms with Crippen molar-refractivity contribution in [3.05, 3.63) is 59.2 Å². The largest absolute Gasteiger partial charge is 0.496 e. The molecule has 162 valence electrons. The maximum Gasteiger partial charge on any atom is 0.188 e. The monoisotopic (exact) mass is 414 g/mol. The molecule has 0 bridgehead atoms. The van der Waals surface area contributed by atoms with Crippen LogP contribution in [0.2, 0.25) is 0 Å². The lowest BCUT2D eigenvalue weighted by atomic mass is 9.85. The molecule has 0 N–H and O–H groups in total. The molecule has 0 aliphatic heterocycles. The molecule has 0 aliphatic carbocycles. The van der Waals surface area contributed by atoms with Crippen molar-refractivity contribution < 1.29 is 28.5 Å². The fourth-order valence-electron chi connectivity index (χ4n) is 2.82. The maximum atomic E-state index is 12.6. The summed E-state index contributed by atoms with van der Waals surface area (Å²) in [5.74, 6) is 1.82. The third-order valence-corrected chi connectivity index (χ3v) is 4.37. The van der Waals surface area contributed by atoms with Crippen molar-refractivity contribution in [2.75, 3.05) is 34.9 Å². The van der Waals surface area contributed by atoms with Gasteiger partial charge in [-0.25, -0.2) is 0 Å². The SMILES string of the molecule is COCOc1ccc(C(=O)C=Cc2cc(C(C)(C)C)c(OCOC)cc2OC)cc1. The highest BCUT2D eigenvalue weighted by atomic mass is 16.7. The highest BCUT2D eigenvalue weighted by molar-refractivity contribution is 6.07. The van der Waals surface area contributed by atoms with E-state index < -0.39 is 0 Å². The van der Waals surface area contributed by atoms with Gasteiger partial charge in [0.05, 0.1) is 7.11 Å². The summed E-state index contributed by atoms with van der Waals surface area (Å²) in [6.07, 6.45) is 3.29. The molecule has 0 amide bonds. The molecule has 0 aliphatic rings. The summed E-state index contributed by atoms with van der Waals surface area (Å²) in [5.41, 5.74) is 2.18. The lowest BCUT2D eigenvalue weighted by Gasteiger charge is -2.24. The Hall–Kier alpha value is -2.83. The van der Waals surface area contributed by atoms with E-state index in [9.17, 15) is 4.79 Å². The molecule has 2 rings (SSSR count). The Bertz CT molecular complexity index is 863. The fraction of sp³-hybridized carbons (Fsp3) is 0.375. The van der Waals surface area contributed by atoms with E-state index in [1.54, 1.807) is 51.7 Å². The van der Waals surface area contributed by atoms with Crippen LogP contribution in [-0.2, 0) is 14.9 Å². The van der Waals surface area contributed by atoms with E-state index in [2.05, 4.69) is 20.8 Å². The van der Waals surface area contributed by atoms with Crippen LogP contribution in [0, 0.1) is 0 Å². The molecule has 6 nitrogen and oxygen atoms in total. The second-order valence-corrected chi connectivity index (χ2v) is 7.66. The van der Waals surface area contributed by atoms with Crippen molar-refractivity contribution in [1.29, 1.82) is 0 Å². The summed E-state index contributed by atoms with van der Waals surface area (Å²) in [6, 6.07) is 10.7. The van der Waals surface area contributed by atoms with E-state index in [4.69, 9.17) is 23.7 Å². The molecule has 0 saturated heterocycles. The van der Waals surface area contributed by atoms with Gasteiger partial charge in [0.25, 0.3) is 0 Å². The molecular formula is C24H30O6. The smallest absolute Gasteiger partial charge is 0.188 e. The van der Waals surface area contributed by atoms with Crippen LogP contribution in [-0.4, -0.2) is 40.7 Å². The second kappa shape index (κ2) is 10.8. The molecule has 0 aromatic heterocycles. The van der Waals surface area contributed by atoms with Crippen LogP contribution in [0.1, 0.15) is 42.3 Å². The molecule has 0 fully saturated rings. The van der Waals surface area contributed by atoms with Crippen LogP contribution in [0.5, 0.6) is 17.2 Å². The van der Waals surface area contributed by atoms with E-state index >= 15 is 0 Å². The normalized spacial score (nSPS) is 11.5. The number of hydrogen-bond donors (Lipinski definition) is 0. The van der Waals surface area contributed by atoms with Crippen molar-refractivity contribution in [2.24, 2.45) is 0 Å². The number of hydrogen-bond acceptors (Lipinski definition) is 6. The van der Waals surface area contributed by atoms with Crippen molar-refractivity contribution in [1.82, 2.24) is 0 Å². The van der Waals surface area contributed by atoms with Crippen molar-refractivity contribution in [3.63, 3.8) is 0 Å². The van der Waals surface area contributed by atoms with Gasteiger partial charge in [-0.2, -0.15) is 0 Å². The van der Waals surface area contributed by atoms with Gasteiger partial charge in [0.2, 0.25) is 0 Å². The number of rotatable bonds is 10. The van der Waals surface area contributed by atoms with Crippen molar-refractivity contribution in [3.8, 4) is 17.2 Å². The number of benzene rings is 2. The first-order valence-electron chi connectivity index (χ1n) is 9.58. The summed E-state index contributed by atoms with van der Waals surface area (Å²) >= 11 is 0. The maximum absolute atomic E-state index is 12.6. The standard InChI is InChI=1S/C24H30O6/c1-24(2,3)20-13-18(22(28-6)14-23(20)30-16-27-5)9-12-21(25)17-7-10-19(11-8-17)29-15-26-4/h7-14H,15-16H2,1-6H3. The van der Waals surface area contributed by atoms with Gasteiger partial charge in [0.15, 0.2) is 19.4 Å². The number of carbonyl (C=O) groups excluding carboxylic acids is 1. The zero-order valence-electron chi connectivity index (χ0n) is 18.5. The zero-order chi connectivity index (χ0) is 22.1. The minimum atomic E-state index is -0.167. The zero-order valence-corrected chi connectivity index (χ0v) is 18.5. The Labute approximate surface area is 178 Å². The molecule has 0 heterocycles. The molecule has 0 atom stereocenters. The number of allylic oxidation sites excluding steroid dienone is 1. The lowest BCUT2D eigenvalue weighted by molar-refractivity contribution is 0.0496. The lowest BCUT2D eigenvalue weighted by Crippen LogP contribution is -2.15. The van der Waals surface area contributed by atoms with Crippen LogP contribution >= 0.6 is 0 Å². The van der Waals surface area contributed by atoms with E-state index in [1.165, 1.54) is 6.08 Å². The fourth-order valence-corrected chi connectivity index (χ4v) is 2.82. The van der Waals surface area contributed by atoms with Gasteiger partial charge >= 0.3 is 0 Å². The van der Waals surface area contributed by atoms with E-state index in [0.717, 1.165) is 11.1 Å². The first-order chi connectivity index (χ1) is 14.3. The summed E-state index contributed by atoms with van der Waals surface area (Å²) in [4.78, 5) is 12.6. The molecule has 0 unspecified atom stereocenters.